The second kappa shape index (κ2) is 7.87. The fraction of sp³-hybridized carbons (Fsp3) is 0.588. The zero-order chi connectivity index (χ0) is 21.2. The average molecular weight is 396 g/mol. The fourth-order valence-corrected chi connectivity index (χ4v) is 2.65. The summed E-state index contributed by atoms with van der Waals surface area (Å²) < 4.78 is 6.15. The van der Waals surface area contributed by atoms with Crippen LogP contribution in [0.5, 0.6) is 0 Å². The number of ether oxygens (including phenoxy) is 1. The number of hydrogen-bond donors (Lipinski definition) is 3. The van der Waals surface area contributed by atoms with E-state index in [0.29, 0.717) is 6.42 Å². The van der Waals surface area contributed by atoms with E-state index in [1.807, 2.05) is 0 Å². The van der Waals surface area contributed by atoms with Gasteiger partial charge < -0.3 is 20.1 Å². The number of carbonyl (C=O) groups is 3. The van der Waals surface area contributed by atoms with Crippen LogP contribution >= 0.6 is 0 Å². The van der Waals surface area contributed by atoms with Crippen molar-refractivity contribution in [3.63, 3.8) is 0 Å². The van der Waals surface area contributed by atoms with Crippen LogP contribution in [0.2, 0.25) is 0 Å². The third kappa shape index (κ3) is 5.69. The number of nitrogens with one attached hydrogen (secondary N) is 2. The first-order chi connectivity index (χ1) is 12.9. The van der Waals surface area contributed by atoms with E-state index in [4.69, 9.17) is 9.84 Å². The van der Waals surface area contributed by atoms with Crippen LogP contribution in [-0.2, 0) is 20.9 Å². The van der Waals surface area contributed by atoms with E-state index < -0.39 is 60.0 Å². The highest BCUT2D eigenvalue weighted by Crippen LogP contribution is 2.28. The summed E-state index contributed by atoms with van der Waals surface area (Å²) in [7, 11) is 0. The number of carboxylic acid groups (broad SMARTS) is 1. The van der Waals surface area contributed by atoms with Gasteiger partial charge in [0.2, 0.25) is 5.91 Å². The Morgan fingerprint density at radius 3 is 2.57 bits per heavy atom. The number of nitrogens with zero attached hydrogens (tertiary/aromatic N) is 2. The SMILES string of the molecule is Cc1cn(CC(=O)N(CC(=O)O)[C@H]2C[C@@H]2NC(=O)OC(C)(C)C)c(=O)[nH]c1=O. The number of carbonyl (C=O) groups excluding carboxylic acids is 2. The zero-order valence-corrected chi connectivity index (χ0v) is 16.1. The lowest BCUT2D eigenvalue weighted by Gasteiger charge is -2.23. The second-order valence-corrected chi connectivity index (χ2v) is 7.67. The van der Waals surface area contributed by atoms with Gasteiger partial charge in [-0.05, 0) is 34.1 Å². The van der Waals surface area contributed by atoms with E-state index in [1.54, 1.807) is 20.8 Å². The molecule has 11 nitrogen and oxygen atoms in total. The van der Waals surface area contributed by atoms with E-state index in [1.165, 1.54) is 13.1 Å². The number of aliphatic carboxylic acids is 1. The number of aromatic amines is 1. The third-order valence-corrected chi connectivity index (χ3v) is 3.98. The molecule has 1 aliphatic carbocycles. The topological polar surface area (TPSA) is 151 Å². The molecular weight excluding hydrogens is 372 g/mol. The molecule has 154 valence electrons. The highest BCUT2D eigenvalue weighted by Gasteiger charge is 2.46. The van der Waals surface area contributed by atoms with Gasteiger partial charge in [0.25, 0.3) is 5.56 Å². The summed E-state index contributed by atoms with van der Waals surface area (Å²) in [6.45, 7) is 5.60. The Morgan fingerprint density at radius 1 is 1.36 bits per heavy atom. The maximum Gasteiger partial charge on any atom is 0.407 e. The molecule has 1 aliphatic rings. The molecule has 1 aromatic rings. The van der Waals surface area contributed by atoms with Crippen molar-refractivity contribution in [1.82, 2.24) is 19.8 Å². The first kappa shape index (κ1) is 21.2. The minimum absolute atomic E-state index is 0.244. The standard InChI is InChI=1S/C17H24N4O7/c1-9-6-20(15(26)19-14(9)25)7-12(22)21(8-13(23)24)11-5-10(11)18-16(27)28-17(2,3)4/h6,10-11H,5,7-8H2,1-4H3,(H,18,27)(H,23,24)(H,19,25,26)/t10-,11-/m0/s1. The molecule has 0 radical (unpaired) electrons. The quantitative estimate of drug-likeness (QED) is 0.582. The lowest BCUT2D eigenvalue weighted by Crippen LogP contribution is -2.45. The van der Waals surface area contributed by atoms with E-state index in [9.17, 15) is 24.0 Å². The van der Waals surface area contributed by atoms with Gasteiger partial charge in [0, 0.05) is 11.8 Å². The lowest BCUT2D eigenvalue weighted by molar-refractivity contribution is -0.145. The van der Waals surface area contributed by atoms with Gasteiger partial charge in [0.1, 0.15) is 18.7 Å². The highest BCUT2D eigenvalue weighted by atomic mass is 16.6. The van der Waals surface area contributed by atoms with Crippen molar-refractivity contribution < 1.29 is 24.2 Å². The molecule has 0 saturated heterocycles. The van der Waals surface area contributed by atoms with Gasteiger partial charge >= 0.3 is 17.8 Å². The Morgan fingerprint density at radius 2 is 2.00 bits per heavy atom. The normalized spacial score (nSPS) is 18.3. The van der Waals surface area contributed by atoms with Crippen LogP contribution in [0, 0.1) is 6.92 Å². The third-order valence-electron chi connectivity index (χ3n) is 3.98. The number of rotatable bonds is 6. The number of carboxylic acids is 1. The molecule has 1 aromatic heterocycles. The molecule has 2 atom stereocenters. The number of hydrogen-bond acceptors (Lipinski definition) is 6. The monoisotopic (exact) mass is 396 g/mol. The van der Waals surface area contributed by atoms with Crippen LogP contribution in [0.25, 0.3) is 0 Å². The Bertz CT molecular complexity index is 896. The van der Waals surface area contributed by atoms with Crippen LogP contribution in [0.1, 0.15) is 32.8 Å². The van der Waals surface area contributed by atoms with Gasteiger partial charge in [0.15, 0.2) is 0 Å². The fourth-order valence-electron chi connectivity index (χ4n) is 2.65. The van der Waals surface area contributed by atoms with Crippen LogP contribution < -0.4 is 16.6 Å². The maximum atomic E-state index is 12.6. The summed E-state index contributed by atoms with van der Waals surface area (Å²) >= 11 is 0. The molecule has 11 heteroatoms. The van der Waals surface area contributed by atoms with E-state index in [2.05, 4.69) is 10.3 Å². The number of amides is 2. The van der Waals surface area contributed by atoms with E-state index >= 15 is 0 Å². The zero-order valence-electron chi connectivity index (χ0n) is 16.1. The van der Waals surface area contributed by atoms with Crippen LogP contribution in [-0.4, -0.2) is 61.8 Å². The molecule has 3 N–H and O–H groups in total. The molecule has 0 unspecified atom stereocenters. The predicted octanol–water partition coefficient (Wildman–Crippen LogP) is -0.576. The first-order valence-corrected chi connectivity index (χ1v) is 8.68. The molecule has 0 bridgehead atoms. The summed E-state index contributed by atoms with van der Waals surface area (Å²) in [6.07, 6.45) is 0.953. The average Bonchev–Trinajstić information content (AvgIpc) is 3.26. The molecule has 1 saturated carbocycles. The van der Waals surface area contributed by atoms with Crippen LogP contribution in [0.4, 0.5) is 4.79 Å². The summed E-state index contributed by atoms with van der Waals surface area (Å²) in [6, 6.07) is -0.956. The smallest absolute Gasteiger partial charge is 0.407 e. The number of aromatic nitrogens is 2. The van der Waals surface area contributed by atoms with Crippen LogP contribution in [0.15, 0.2) is 15.8 Å². The van der Waals surface area contributed by atoms with Crippen molar-refractivity contribution in [2.75, 3.05) is 6.54 Å². The van der Waals surface area contributed by atoms with Gasteiger partial charge in [-0.25, -0.2) is 9.59 Å². The van der Waals surface area contributed by atoms with Crippen molar-refractivity contribution in [3.8, 4) is 0 Å². The maximum absolute atomic E-state index is 12.6. The van der Waals surface area contributed by atoms with Gasteiger partial charge in [-0.3, -0.25) is 23.9 Å². The molecule has 0 aliphatic heterocycles. The molecule has 2 rings (SSSR count). The van der Waals surface area contributed by atoms with Crippen molar-refractivity contribution in [2.24, 2.45) is 0 Å². The number of alkyl carbamates (subject to hydrolysis) is 1. The Hall–Kier alpha value is -3.11. The lowest BCUT2D eigenvalue weighted by atomic mass is 10.2. The number of H-pyrrole nitrogens is 1. The second-order valence-electron chi connectivity index (χ2n) is 7.67. The number of aryl methyl sites for hydroxylation is 1. The largest absolute Gasteiger partial charge is 0.480 e. The summed E-state index contributed by atoms with van der Waals surface area (Å²) in [5, 5.41) is 11.7. The Kier molecular flexibility index (Phi) is 5.95. The van der Waals surface area contributed by atoms with Gasteiger partial charge in [-0.1, -0.05) is 0 Å². The molecule has 1 fully saturated rings. The van der Waals surface area contributed by atoms with Crippen LogP contribution in [0.3, 0.4) is 0 Å². The molecule has 0 spiro atoms. The molecule has 0 aromatic carbocycles. The van der Waals surface area contributed by atoms with Crippen molar-refractivity contribution in [1.29, 1.82) is 0 Å². The molecule has 1 heterocycles. The summed E-state index contributed by atoms with van der Waals surface area (Å²) in [5.74, 6) is -1.84. The van der Waals surface area contributed by atoms with Gasteiger partial charge in [0.05, 0.1) is 12.1 Å². The van der Waals surface area contributed by atoms with E-state index in [0.717, 1.165) is 9.47 Å². The highest BCUT2D eigenvalue weighted by molar-refractivity contribution is 5.82. The van der Waals surface area contributed by atoms with Gasteiger partial charge in [-0.2, -0.15) is 0 Å². The summed E-state index contributed by atoms with van der Waals surface area (Å²) in [4.78, 5) is 62.1. The molecule has 28 heavy (non-hydrogen) atoms. The minimum Gasteiger partial charge on any atom is -0.480 e. The van der Waals surface area contributed by atoms with Gasteiger partial charge in [-0.15, -0.1) is 0 Å². The Balaban J connectivity index is 2.08. The summed E-state index contributed by atoms with van der Waals surface area (Å²) in [5.41, 5.74) is -1.76. The van der Waals surface area contributed by atoms with Crippen molar-refractivity contribution in [3.05, 3.63) is 32.6 Å². The first-order valence-electron chi connectivity index (χ1n) is 8.68. The molecule has 2 amide bonds. The predicted molar refractivity (Wildman–Crippen MR) is 97.0 cm³/mol. The minimum atomic E-state index is -1.22. The van der Waals surface area contributed by atoms with E-state index in [-0.39, 0.29) is 5.56 Å². The van der Waals surface area contributed by atoms with Crippen molar-refractivity contribution >= 4 is 18.0 Å². The van der Waals surface area contributed by atoms with Crippen molar-refractivity contribution in [2.45, 2.75) is 58.3 Å². The Labute approximate surface area is 160 Å². The molecular formula is C17H24N4O7.